The number of hydrogen-bond donors (Lipinski definition) is 1. The molecule has 0 amide bonds. The molecule has 0 spiro atoms. The Morgan fingerprint density at radius 3 is 2.50 bits per heavy atom. The van der Waals surface area contributed by atoms with Crippen molar-refractivity contribution in [2.75, 3.05) is 0 Å². The minimum Gasteiger partial charge on any atom is -0.505 e. The van der Waals surface area contributed by atoms with Crippen LogP contribution in [0, 0.1) is 18.3 Å². The second-order valence-electron chi connectivity index (χ2n) is 8.22. The van der Waals surface area contributed by atoms with E-state index in [0.29, 0.717) is 22.1 Å². The molecule has 1 heterocycles. The zero-order valence-corrected chi connectivity index (χ0v) is 16.8. The van der Waals surface area contributed by atoms with Crippen LogP contribution >= 0.6 is 11.6 Å². The van der Waals surface area contributed by atoms with E-state index >= 15 is 0 Å². The van der Waals surface area contributed by atoms with E-state index < -0.39 is 0 Å². The second-order valence-corrected chi connectivity index (χ2v) is 8.66. The Kier molecular flexibility index (Phi) is 4.98. The Morgan fingerprint density at radius 2 is 1.81 bits per heavy atom. The molecule has 1 atom stereocenters. The van der Waals surface area contributed by atoms with Gasteiger partial charge in [0, 0.05) is 5.02 Å². The van der Waals surface area contributed by atoms with Gasteiger partial charge in [0.1, 0.15) is 22.5 Å². The van der Waals surface area contributed by atoms with Gasteiger partial charge in [-0.3, -0.25) is 0 Å². The molecule has 1 unspecified atom stereocenters. The highest BCUT2D eigenvalue weighted by Gasteiger charge is 2.21. The molecule has 0 saturated heterocycles. The molecule has 0 radical (unpaired) electrons. The van der Waals surface area contributed by atoms with Crippen molar-refractivity contribution in [2.45, 2.75) is 47.5 Å². The van der Waals surface area contributed by atoms with E-state index in [4.69, 9.17) is 11.6 Å². The van der Waals surface area contributed by atoms with Crippen molar-refractivity contribution in [3.8, 4) is 11.4 Å². The molecule has 0 fully saturated rings. The third-order valence-electron chi connectivity index (χ3n) is 5.20. The number of halogens is 1. The van der Waals surface area contributed by atoms with Crippen LogP contribution < -0.4 is 0 Å². The zero-order chi connectivity index (χ0) is 19.1. The summed E-state index contributed by atoms with van der Waals surface area (Å²) in [5, 5.41) is 20.4. The fourth-order valence-electron chi connectivity index (χ4n) is 2.98. The van der Waals surface area contributed by atoms with Crippen molar-refractivity contribution in [2.24, 2.45) is 11.3 Å². The second kappa shape index (κ2) is 6.92. The highest BCUT2D eigenvalue weighted by atomic mass is 35.5. The number of rotatable bonds is 4. The number of aromatic hydroxyl groups is 1. The van der Waals surface area contributed by atoms with Gasteiger partial charge in [0.25, 0.3) is 0 Å². The van der Waals surface area contributed by atoms with Crippen LogP contribution in [0.4, 0.5) is 0 Å². The Labute approximate surface area is 159 Å². The average molecular weight is 372 g/mol. The molecule has 4 nitrogen and oxygen atoms in total. The van der Waals surface area contributed by atoms with E-state index in [9.17, 15) is 5.11 Å². The number of benzene rings is 2. The fraction of sp³-hybridized carbons (Fsp3) is 0.429. The van der Waals surface area contributed by atoms with Gasteiger partial charge >= 0.3 is 0 Å². The molecule has 138 valence electrons. The number of aryl methyl sites for hydroxylation is 2. The van der Waals surface area contributed by atoms with Crippen LogP contribution in [0.5, 0.6) is 5.75 Å². The maximum Gasteiger partial charge on any atom is 0.146 e. The Bertz CT molecular complexity index is 940. The van der Waals surface area contributed by atoms with Crippen LogP contribution in [-0.4, -0.2) is 20.1 Å². The van der Waals surface area contributed by atoms with Gasteiger partial charge in [0.2, 0.25) is 0 Å². The number of phenolic OH excluding ortho intramolecular Hbond substituents is 1. The molecule has 0 bridgehead atoms. The highest BCUT2D eigenvalue weighted by molar-refractivity contribution is 6.31. The van der Waals surface area contributed by atoms with Gasteiger partial charge in [-0.25, -0.2) is 0 Å². The van der Waals surface area contributed by atoms with Gasteiger partial charge in [-0.05, 0) is 66.5 Å². The van der Waals surface area contributed by atoms with Gasteiger partial charge in [-0.15, -0.1) is 15.0 Å². The average Bonchev–Trinajstić information content (AvgIpc) is 2.96. The molecule has 2 aromatic carbocycles. The maximum atomic E-state index is 10.8. The van der Waals surface area contributed by atoms with E-state index in [2.05, 4.69) is 37.9 Å². The Morgan fingerprint density at radius 1 is 1.12 bits per heavy atom. The normalized spacial score (nSPS) is 13.3. The van der Waals surface area contributed by atoms with Crippen LogP contribution in [-0.2, 0) is 6.42 Å². The SMILES string of the molecule is Cc1cc(CCC(C)C(C)(C)C)c(O)c(-n2nc3ccc(Cl)cc3n2)c1. The summed E-state index contributed by atoms with van der Waals surface area (Å²) in [7, 11) is 0. The minimum atomic E-state index is 0.253. The predicted octanol–water partition coefficient (Wildman–Crippen LogP) is 5.70. The predicted molar refractivity (Wildman–Crippen MR) is 107 cm³/mol. The smallest absolute Gasteiger partial charge is 0.146 e. The first-order chi connectivity index (χ1) is 12.1. The van der Waals surface area contributed by atoms with Crippen LogP contribution in [0.15, 0.2) is 30.3 Å². The first-order valence-corrected chi connectivity index (χ1v) is 9.38. The van der Waals surface area contributed by atoms with Gasteiger partial charge < -0.3 is 5.11 Å². The monoisotopic (exact) mass is 371 g/mol. The standard InChI is InChI=1S/C21H26ClN3O/c1-13-10-15(7-6-14(2)21(3,4)5)20(26)19(11-13)25-23-17-9-8-16(22)12-18(17)24-25/h8-12,14,26H,6-7H2,1-5H3. The summed E-state index contributed by atoms with van der Waals surface area (Å²) in [5.41, 5.74) is 4.34. The summed E-state index contributed by atoms with van der Waals surface area (Å²) in [6.45, 7) is 11.1. The van der Waals surface area contributed by atoms with Gasteiger partial charge in [0.15, 0.2) is 0 Å². The molecule has 0 aliphatic carbocycles. The first-order valence-electron chi connectivity index (χ1n) is 9.00. The molecule has 3 aromatic rings. The molecule has 1 N–H and O–H groups in total. The lowest BCUT2D eigenvalue weighted by molar-refractivity contribution is 0.246. The van der Waals surface area contributed by atoms with Crippen molar-refractivity contribution < 1.29 is 5.11 Å². The number of aromatic nitrogens is 3. The van der Waals surface area contributed by atoms with Gasteiger partial charge in [0.05, 0.1) is 0 Å². The quantitative estimate of drug-likeness (QED) is 0.639. The number of fused-ring (bicyclic) bond motifs is 1. The van der Waals surface area contributed by atoms with Gasteiger partial charge in [-0.2, -0.15) is 0 Å². The zero-order valence-electron chi connectivity index (χ0n) is 16.0. The summed E-state index contributed by atoms with van der Waals surface area (Å²) in [6, 6.07) is 9.36. The Balaban J connectivity index is 1.96. The first kappa shape index (κ1) is 18.7. The highest BCUT2D eigenvalue weighted by Crippen LogP contribution is 2.33. The van der Waals surface area contributed by atoms with E-state index in [1.807, 2.05) is 25.1 Å². The summed E-state index contributed by atoms with van der Waals surface area (Å²) >= 11 is 6.04. The van der Waals surface area contributed by atoms with E-state index in [-0.39, 0.29) is 11.2 Å². The van der Waals surface area contributed by atoms with Crippen molar-refractivity contribution in [1.29, 1.82) is 0 Å². The number of hydrogen-bond acceptors (Lipinski definition) is 3. The number of phenols is 1. The molecule has 1 aromatic heterocycles. The van der Waals surface area contributed by atoms with Crippen molar-refractivity contribution in [3.05, 3.63) is 46.5 Å². The molecule has 0 aliphatic heterocycles. The van der Waals surface area contributed by atoms with Crippen molar-refractivity contribution in [3.63, 3.8) is 0 Å². The third-order valence-corrected chi connectivity index (χ3v) is 5.43. The topological polar surface area (TPSA) is 50.9 Å². The van der Waals surface area contributed by atoms with Crippen LogP contribution in [0.1, 0.15) is 45.2 Å². The minimum absolute atomic E-state index is 0.253. The van der Waals surface area contributed by atoms with Crippen LogP contribution in [0.25, 0.3) is 16.7 Å². The third kappa shape index (κ3) is 3.85. The molecule has 5 heteroatoms. The molecule has 3 rings (SSSR count). The molecule has 0 saturated carbocycles. The molecule has 0 aliphatic rings. The van der Waals surface area contributed by atoms with Crippen LogP contribution in [0.2, 0.25) is 5.02 Å². The fourth-order valence-corrected chi connectivity index (χ4v) is 3.14. The summed E-state index contributed by atoms with van der Waals surface area (Å²) in [5.74, 6) is 0.807. The Hall–Kier alpha value is -2.07. The van der Waals surface area contributed by atoms with Crippen LogP contribution in [0.3, 0.4) is 0 Å². The molecular weight excluding hydrogens is 346 g/mol. The van der Waals surface area contributed by atoms with Crippen molar-refractivity contribution >= 4 is 22.6 Å². The summed E-state index contributed by atoms with van der Waals surface area (Å²) < 4.78 is 0. The van der Waals surface area contributed by atoms with E-state index in [0.717, 1.165) is 29.5 Å². The largest absolute Gasteiger partial charge is 0.505 e. The lowest BCUT2D eigenvalue weighted by Crippen LogP contribution is -2.17. The number of nitrogens with zero attached hydrogens (tertiary/aromatic N) is 3. The van der Waals surface area contributed by atoms with E-state index in [1.165, 1.54) is 4.80 Å². The maximum absolute atomic E-state index is 10.8. The van der Waals surface area contributed by atoms with Gasteiger partial charge in [-0.1, -0.05) is 45.4 Å². The molecule has 26 heavy (non-hydrogen) atoms. The van der Waals surface area contributed by atoms with E-state index in [1.54, 1.807) is 12.1 Å². The lowest BCUT2D eigenvalue weighted by atomic mass is 9.79. The summed E-state index contributed by atoms with van der Waals surface area (Å²) in [4.78, 5) is 1.50. The molecular formula is C21H26ClN3O. The lowest BCUT2D eigenvalue weighted by Gasteiger charge is -2.27. The summed E-state index contributed by atoms with van der Waals surface area (Å²) in [6.07, 6.45) is 1.84. The van der Waals surface area contributed by atoms with Crippen molar-refractivity contribution in [1.82, 2.24) is 15.0 Å².